The minimum atomic E-state index is -0.199. The molecule has 0 atom stereocenters. The summed E-state index contributed by atoms with van der Waals surface area (Å²) in [5.41, 5.74) is 2.41. The molecule has 1 aliphatic rings. The second-order valence-electron chi connectivity index (χ2n) is 7.34. The van der Waals surface area contributed by atoms with Gasteiger partial charge < -0.3 is 20.0 Å². The smallest absolute Gasteiger partial charge is 0.258 e. The molecule has 3 rings (SSSR count). The first-order valence-corrected chi connectivity index (χ1v) is 9.95. The number of aromatic nitrogens is 2. The lowest BCUT2D eigenvalue weighted by Crippen LogP contribution is -2.44. The third-order valence-corrected chi connectivity index (χ3v) is 5.08. The highest BCUT2D eigenvalue weighted by Gasteiger charge is 2.14. The van der Waals surface area contributed by atoms with Gasteiger partial charge in [-0.15, -0.1) is 0 Å². The van der Waals surface area contributed by atoms with Crippen LogP contribution in [0.2, 0.25) is 0 Å². The number of benzene rings is 1. The first-order chi connectivity index (χ1) is 13.6. The van der Waals surface area contributed by atoms with E-state index in [1.807, 2.05) is 24.1 Å². The zero-order chi connectivity index (χ0) is 19.9. The molecule has 1 aliphatic heterocycles. The van der Waals surface area contributed by atoms with Crippen LogP contribution in [-0.4, -0.2) is 67.6 Å². The zero-order valence-electron chi connectivity index (χ0n) is 17.1. The molecule has 1 fully saturated rings. The van der Waals surface area contributed by atoms with Gasteiger partial charge in [-0.1, -0.05) is 13.3 Å². The number of amides is 1. The molecule has 28 heavy (non-hydrogen) atoms. The fourth-order valence-corrected chi connectivity index (χ4v) is 3.15. The van der Waals surface area contributed by atoms with Crippen molar-refractivity contribution in [2.24, 2.45) is 0 Å². The minimum absolute atomic E-state index is 0.199. The Balaban J connectivity index is 1.57. The molecule has 1 N–H and O–H groups in total. The van der Waals surface area contributed by atoms with E-state index in [0.717, 1.165) is 51.3 Å². The SMILES string of the molecule is CCCCN(C)c1ncc(C(=O)Nc2ccc(N3CCN(C)CC3)cc2)cn1. The van der Waals surface area contributed by atoms with Crippen molar-refractivity contribution < 1.29 is 4.79 Å². The van der Waals surface area contributed by atoms with E-state index in [2.05, 4.69) is 51.2 Å². The normalized spacial score (nSPS) is 14.8. The highest BCUT2D eigenvalue weighted by Crippen LogP contribution is 2.20. The van der Waals surface area contributed by atoms with Crippen LogP contribution in [-0.2, 0) is 0 Å². The average molecular weight is 383 g/mol. The van der Waals surface area contributed by atoms with Gasteiger partial charge in [0.15, 0.2) is 0 Å². The van der Waals surface area contributed by atoms with Crippen LogP contribution in [0.15, 0.2) is 36.7 Å². The van der Waals surface area contributed by atoms with Crippen molar-refractivity contribution in [2.45, 2.75) is 19.8 Å². The van der Waals surface area contributed by atoms with Crippen molar-refractivity contribution in [3.63, 3.8) is 0 Å². The molecular weight excluding hydrogens is 352 g/mol. The van der Waals surface area contributed by atoms with Crippen LogP contribution in [0.3, 0.4) is 0 Å². The lowest BCUT2D eigenvalue weighted by atomic mass is 10.2. The first-order valence-electron chi connectivity index (χ1n) is 9.95. The standard InChI is InChI=1S/C21H30N6O/c1-4-5-10-26(3)21-22-15-17(16-23-21)20(28)24-18-6-8-19(9-7-18)27-13-11-25(2)12-14-27/h6-9,15-16H,4-5,10-14H2,1-3H3,(H,24,28). The number of hydrogen-bond acceptors (Lipinski definition) is 6. The molecule has 0 aliphatic carbocycles. The summed E-state index contributed by atoms with van der Waals surface area (Å²) in [6.07, 6.45) is 5.38. The van der Waals surface area contributed by atoms with E-state index in [0.29, 0.717) is 11.5 Å². The van der Waals surface area contributed by atoms with Crippen molar-refractivity contribution in [2.75, 3.05) is 61.9 Å². The van der Waals surface area contributed by atoms with Crippen LogP contribution >= 0.6 is 0 Å². The van der Waals surface area contributed by atoms with Crippen molar-refractivity contribution in [1.29, 1.82) is 0 Å². The predicted molar refractivity (Wildman–Crippen MR) is 114 cm³/mol. The number of nitrogens with one attached hydrogen (secondary N) is 1. The van der Waals surface area contributed by atoms with Crippen LogP contribution in [0.1, 0.15) is 30.1 Å². The summed E-state index contributed by atoms with van der Waals surface area (Å²) in [6, 6.07) is 8.01. The van der Waals surface area contributed by atoms with Gasteiger partial charge in [0, 0.05) is 63.5 Å². The van der Waals surface area contributed by atoms with Crippen LogP contribution in [0.4, 0.5) is 17.3 Å². The Bertz CT molecular complexity index is 753. The molecular formula is C21H30N6O. The summed E-state index contributed by atoms with van der Waals surface area (Å²) >= 11 is 0. The topological polar surface area (TPSA) is 64.6 Å². The van der Waals surface area contributed by atoms with Crippen molar-refractivity contribution in [3.05, 3.63) is 42.2 Å². The van der Waals surface area contributed by atoms with Gasteiger partial charge in [0.25, 0.3) is 5.91 Å². The maximum Gasteiger partial charge on any atom is 0.258 e. The Kier molecular flexibility index (Phi) is 6.81. The van der Waals surface area contributed by atoms with E-state index < -0.39 is 0 Å². The van der Waals surface area contributed by atoms with E-state index in [9.17, 15) is 4.79 Å². The van der Waals surface area contributed by atoms with Gasteiger partial charge in [0.1, 0.15) is 0 Å². The van der Waals surface area contributed by atoms with Crippen LogP contribution < -0.4 is 15.1 Å². The largest absolute Gasteiger partial charge is 0.369 e. The number of anilines is 3. The van der Waals surface area contributed by atoms with Crippen LogP contribution in [0, 0.1) is 0 Å². The third kappa shape index (κ3) is 5.19. The highest BCUT2D eigenvalue weighted by atomic mass is 16.1. The Hall–Kier alpha value is -2.67. The molecule has 2 aromatic rings. The molecule has 150 valence electrons. The first kappa shape index (κ1) is 20.1. The monoisotopic (exact) mass is 382 g/mol. The molecule has 7 nitrogen and oxygen atoms in total. The summed E-state index contributed by atoms with van der Waals surface area (Å²) in [4.78, 5) is 27.8. The fraction of sp³-hybridized carbons (Fsp3) is 0.476. The maximum atomic E-state index is 12.5. The molecule has 0 unspecified atom stereocenters. The number of hydrogen-bond donors (Lipinski definition) is 1. The highest BCUT2D eigenvalue weighted by molar-refractivity contribution is 6.03. The molecule has 2 heterocycles. The van der Waals surface area contributed by atoms with Crippen molar-refractivity contribution in [1.82, 2.24) is 14.9 Å². The van der Waals surface area contributed by atoms with Gasteiger partial charge in [0.2, 0.25) is 5.95 Å². The lowest BCUT2D eigenvalue weighted by molar-refractivity contribution is 0.102. The maximum absolute atomic E-state index is 12.5. The Morgan fingerprint density at radius 2 is 1.75 bits per heavy atom. The van der Waals surface area contributed by atoms with Gasteiger partial charge in [-0.2, -0.15) is 0 Å². The van der Waals surface area contributed by atoms with E-state index >= 15 is 0 Å². The number of carbonyl (C=O) groups is 1. The lowest BCUT2D eigenvalue weighted by Gasteiger charge is -2.34. The molecule has 1 aromatic carbocycles. The number of carbonyl (C=O) groups excluding carboxylic acids is 1. The van der Waals surface area contributed by atoms with Gasteiger partial charge >= 0.3 is 0 Å². The second-order valence-corrected chi connectivity index (χ2v) is 7.34. The van der Waals surface area contributed by atoms with Crippen molar-refractivity contribution >= 4 is 23.2 Å². The summed E-state index contributed by atoms with van der Waals surface area (Å²) in [7, 11) is 4.11. The molecule has 0 spiro atoms. The molecule has 0 saturated carbocycles. The number of likely N-dealkylation sites (N-methyl/N-ethyl adjacent to an activating group) is 1. The number of unbranched alkanes of at least 4 members (excludes halogenated alkanes) is 1. The van der Waals surface area contributed by atoms with Crippen LogP contribution in [0.25, 0.3) is 0 Å². The average Bonchev–Trinajstić information content (AvgIpc) is 2.73. The van der Waals surface area contributed by atoms with Gasteiger partial charge in [-0.25, -0.2) is 9.97 Å². The Morgan fingerprint density at radius 3 is 2.36 bits per heavy atom. The summed E-state index contributed by atoms with van der Waals surface area (Å²) in [5.74, 6) is 0.441. The number of piperazine rings is 1. The van der Waals surface area contributed by atoms with E-state index in [-0.39, 0.29) is 5.91 Å². The van der Waals surface area contributed by atoms with Crippen molar-refractivity contribution in [3.8, 4) is 0 Å². The summed E-state index contributed by atoms with van der Waals surface area (Å²) in [6.45, 7) is 7.25. The number of nitrogens with zero attached hydrogens (tertiary/aromatic N) is 5. The Morgan fingerprint density at radius 1 is 1.11 bits per heavy atom. The molecule has 1 saturated heterocycles. The fourth-order valence-electron chi connectivity index (χ4n) is 3.15. The van der Waals surface area contributed by atoms with E-state index in [1.54, 1.807) is 12.4 Å². The summed E-state index contributed by atoms with van der Waals surface area (Å²) in [5, 5.41) is 2.92. The molecule has 1 amide bonds. The minimum Gasteiger partial charge on any atom is -0.369 e. The molecule has 1 aromatic heterocycles. The second kappa shape index (κ2) is 9.50. The summed E-state index contributed by atoms with van der Waals surface area (Å²) < 4.78 is 0. The molecule has 7 heteroatoms. The molecule has 0 radical (unpaired) electrons. The number of rotatable bonds is 7. The quantitative estimate of drug-likeness (QED) is 0.794. The van der Waals surface area contributed by atoms with Crippen LogP contribution in [0.5, 0.6) is 0 Å². The van der Waals surface area contributed by atoms with E-state index in [1.165, 1.54) is 5.69 Å². The Labute approximate surface area is 167 Å². The molecule has 0 bridgehead atoms. The van der Waals surface area contributed by atoms with Gasteiger partial charge in [-0.3, -0.25) is 4.79 Å². The van der Waals surface area contributed by atoms with Gasteiger partial charge in [-0.05, 0) is 37.7 Å². The third-order valence-electron chi connectivity index (χ3n) is 5.08. The zero-order valence-corrected chi connectivity index (χ0v) is 17.1. The predicted octanol–water partition coefficient (Wildman–Crippen LogP) is 2.72. The van der Waals surface area contributed by atoms with E-state index in [4.69, 9.17) is 0 Å². The van der Waals surface area contributed by atoms with Gasteiger partial charge in [0.05, 0.1) is 5.56 Å².